The van der Waals surface area contributed by atoms with Gasteiger partial charge >= 0.3 is 0 Å². The number of carbonyl (C=O) groups excluding carboxylic acids is 1. The van der Waals surface area contributed by atoms with Gasteiger partial charge in [0, 0.05) is 23.7 Å². The Labute approximate surface area is 133 Å². The molecular weight excluding hydrogens is 272 g/mol. The SMILES string of the molecule is CCC(=O)Nc1ccccc1-c1ccc(C(C)N(C)C)cc1. The highest BCUT2D eigenvalue weighted by molar-refractivity contribution is 5.95. The molecule has 2 aromatic rings. The van der Waals surface area contributed by atoms with Crippen LogP contribution in [0.15, 0.2) is 48.5 Å². The first-order chi connectivity index (χ1) is 10.5. The Balaban J connectivity index is 2.30. The van der Waals surface area contributed by atoms with E-state index in [1.807, 2.05) is 31.2 Å². The zero-order valence-electron chi connectivity index (χ0n) is 13.8. The first kappa shape index (κ1) is 16.2. The van der Waals surface area contributed by atoms with Crippen LogP contribution in [0.5, 0.6) is 0 Å². The Hall–Kier alpha value is -2.13. The van der Waals surface area contributed by atoms with Crippen LogP contribution in [0.2, 0.25) is 0 Å². The lowest BCUT2D eigenvalue weighted by molar-refractivity contribution is -0.115. The lowest BCUT2D eigenvalue weighted by Gasteiger charge is -2.20. The van der Waals surface area contributed by atoms with Gasteiger partial charge in [-0.2, -0.15) is 0 Å². The summed E-state index contributed by atoms with van der Waals surface area (Å²) >= 11 is 0. The van der Waals surface area contributed by atoms with Crippen LogP contribution in [0.4, 0.5) is 5.69 Å². The molecule has 0 radical (unpaired) electrons. The van der Waals surface area contributed by atoms with Crippen molar-refractivity contribution in [3.63, 3.8) is 0 Å². The van der Waals surface area contributed by atoms with Gasteiger partial charge in [0.1, 0.15) is 0 Å². The van der Waals surface area contributed by atoms with E-state index in [0.29, 0.717) is 12.5 Å². The number of rotatable bonds is 5. The van der Waals surface area contributed by atoms with Gasteiger partial charge in [-0.05, 0) is 38.2 Å². The molecule has 3 heteroatoms. The van der Waals surface area contributed by atoms with E-state index in [4.69, 9.17) is 0 Å². The predicted octanol–water partition coefficient (Wildman–Crippen LogP) is 4.32. The summed E-state index contributed by atoms with van der Waals surface area (Å²) in [4.78, 5) is 13.9. The fourth-order valence-electron chi connectivity index (χ4n) is 2.32. The number of carbonyl (C=O) groups is 1. The third-order valence-electron chi connectivity index (χ3n) is 4.00. The maximum Gasteiger partial charge on any atom is 0.224 e. The second-order valence-corrected chi connectivity index (χ2v) is 5.71. The summed E-state index contributed by atoms with van der Waals surface area (Å²) in [6, 6.07) is 16.8. The highest BCUT2D eigenvalue weighted by atomic mass is 16.1. The predicted molar refractivity (Wildman–Crippen MR) is 92.9 cm³/mol. The Morgan fingerprint density at radius 3 is 2.32 bits per heavy atom. The lowest BCUT2D eigenvalue weighted by atomic mass is 9.99. The molecule has 0 aliphatic carbocycles. The van der Waals surface area contributed by atoms with Crippen LogP contribution in [0.1, 0.15) is 31.9 Å². The van der Waals surface area contributed by atoms with Gasteiger partial charge in [0.05, 0.1) is 0 Å². The maximum atomic E-state index is 11.7. The van der Waals surface area contributed by atoms with Crippen LogP contribution < -0.4 is 5.32 Å². The van der Waals surface area contributed by atoms with Crippen LogP contribution in [0.3, 0.4) is 0 Å². The summed E-state index contributed by atoms with van der Waals surface area (Å²) in [6.45, 7) is 4.04. The van der Waals surface area contributed by atoms with E-state index < -0.39 is 0 Å². The lowest BCUT2D eigenvalue weighted by Crippen LogP contribution is -2.16. The van der Waals surface area contributed by atoms with E-state index in [9.17, 15) is 4.79 Å². The highest BCUT2D eigenvalue weighted by Crippen LogP contribution is 2.29. The molecular formula is C19H24N2O. The molecule has 1 N–H and O–H groups in total. The Bertz CT molecular complexity index is 632. The average molecular weight is 296 g/mol. The van der Waals surface area contributed by atoms with Gasteiger partial charge < -0.3 is 10.2 Å². The van der Waals surface area contributed by atoms with E-state index in [1.54, 1.807) is 0 Å². The largest absolute Gasteiger partial charge is 0.326 e. The van der Waals surface area contributed by atoms with Crippen LogP contribution in [0.25, 0.3) is 11.1 Å². The van der Waals surface area contributed by atoms with Crippen molar-refractivity contribution in [2.75, 3.05) is 19.4 Å². The van der Waals surface area contributed by atoms with E-state index in [0.717, 1.165) is 16.8 Å². The summed E-state index contributed by atoms with van der Waals surface area (Å²) < 4.78 is 0. The van der Waals surface area contributed by atoms with Crippen LogP contribution in [-0.2, 0) is 4.79 Å². The summed E-state index contributed by atoms with van der Waals surface area (Å²) in [5, 5.41) is 2.97. The van der Waals surface area contributed by atoms with Crippen molar-refractivity contribution < 1.29 is 4.79 Å². The molecule has 116 valence electrons. The van der Waals surface area contributed by atoms with Crippen molar-refractivity contribution in [3.05, 3.63) is 54.1 Å². The molecule has 1 unspecified atom stereocenters. The maximum absolute atomic E-state index is 11.7. The van der Waals surface area contributed by atoms with Crippen molar-refractivity contribution >= 4 is 11.6 Å². The number of hydrogen-bond acceptors (Lipinski definition) is 2. The first-order valence-electron chi connectivity index (χ1n) is 7.68. The quantitative estimate of drug-likeness (QED) is 0.891. The fourth-order valence-corrected chi connectivity index (χ4v) is 2.32. The Morgan fingerprint density at radius 2 is 1.73 bits per heavy atom. The van der Waals surface area contributed by atoms with Crippen molar-refractivity contribution in [2.45, 2.75) is 26.3 Å². The molecule has 3 nitrogen and oxygen atoms in total. The topological polar surface area (TPSA) is 32.3 Å². The minimum atomic E-state index is 0.0327. The van der Waals surface area contributed by atoms with Crippen molar-refractivity contribution in [1.82, 2.24) is 4.90 Å². The number of para-hydroxylation sites is 1. The third kappa shape index (κ3) is 3.74. The molecule has 0 saturated heterocycles. The van der Waals surface area contributed by atoms with Gasteiger partial charge in [0.2, 0.25) is 5.91 Å². The Morgan fingerprint density at radius 1 is 1.09 bits per heavy atom. The van der Waals surface area contributed by atoms with Gasteiger partial charge in [0.15, 0.2) is 0 Å². The summed E-state index contributed by atoms with van der Waals surface area (Å²) in [5.74, 6) is 0.0327. The third-order valence-corrected chi connectivity index (χ3v) is 4.00. The zero-order chi connectivity index (χ0) is 16.1. The van der Waals surface area contributed by atoms with E-state index >= 15 is 0 Å². The molecule has 0 saturated carbocycles. The Kier molecular flexibility index (Phi) is 5.34. The van der Waals surface area contributed by atoms with Crippen LogP contribution >= 0.6 is 0 Å². The second-order valence-electron chi connectivity index (χ2n) is 5.71. The summed E-state index contributed by atoms with van der Waals surface area (Å²) in [5.41, 5.74) is 4.31. The molecule has 0 fully saturated rings. The molecule has 1 atom stereocenters. The average Bonchev–Trinajstić information content (AvgIpc) is 2.54. The van der Waals surface area contributed by atoms with E-state index in [2.05, 4.69) is 55.5 Å². The molecule has 2 rings (SSSR count). The zero-order valence-corrected chi connectivity index (χ0v) is 13.8. The number of nitrogens with one attached hydrogen (secondary N) is 1. The number of benzene rings is 2. The standard InChI is InChI=1S/C19H24N2O/c1-5-19(22)20-18-9-7-6-8-17(18)16-12-10-15(11-13-16)14(2)21(3)4/h6-14H,5H2,1-4H3,(H,20,22). The number of hydrogen-bond donors (Lipinski definition) is 1. The second kappa shape index (κ2) is 7.23. The molecule has 1 amide bonds. The smallest absolute Gasteiger partial charge is 0.224 e. The molecule has 0 bridgehead atoms. The van der Waals surface area contributed by atoms with Crippen LogP contribution in [0, 0.1) is 0 Å². The molecule has 0 spiro atoms. The number of amides is 1. The van der Waals surface area contributed by atoms with Gasteiger partial charge in [0.25, 0.3) is 0 Å². The molecule has 0 heterocycles. The normalized spacial score (nSPS) is 12.2. The summed E-state index contributed by atoms with van der Waals surface area (Å²) in [6.07, 6.45) is 0.480. The van der Waals surface area contributed by atoms with Gasteiger partial charge in [-0.25, -0.2) is 0 Å². The van der Waals surface area contributed by atoms with Crippen LogP contribution in [-0.4, -0.2) is 24.9 Å². The van der Waals surface area contributed by atoms with Crippen molar-refractivity contribution in [1.29, 1.82) is 0 Å². The van der Waals surface area contributed by atoms with Crippen molar-refractivity contribution in [2.24, 2.45) is 0 Å². The molecule has 0 aromatic heterocycles. The van der Waals surface area contributed by atoms with E-state index in [1.165, 1.54) is 5.56 Å². The first-order valence-corrected chi connectivity index (χ1v) is 7.68. The fraction of sp³-hybridized carbons (Fsp3) is 0.316. The van der Waals surface area contributed by atoms with E-state index in [-0.39, 0.29) is 5.91 Å². The molecule has 2 aromatic carbocycles. The number of anilines is 1. The number of nitrogens with zero attached hydrogens (tertiary/aromatic N) is 1. The van der Waals surface area contributed by atoms with Crippen molar-refractivity contribution in [3.8, 4) is 11.1 Å². The minimum Gasteiger partial charge on any atom is -0.326 e. The highest BCUT2D eigenvalue weighted by Gasteiger charge is 2.10. The van der Waals surface area contributed by atoms with Gasteiger partial charge in [-0.3, -0.25) is 4.79 Å². The summed E-state index contributed by atoms with van der Waals surface area (Å²) in [7, 11) is 4.16. The van der Waals surface area contributed by atoms with Gasteiger partial charge in [-0.15, -0.1) is 0 Å². The monoisotopic (exact) mass is 296 g/mol. The molecule has 22 heavy (non-hydrogen) atoms. The minimum absolute atomic E-state index is 0.0327. The molecule has 0 aliphatic rings. The van der Waals surface area contributed by atoms with Gasteiger partial charge in [-0.1, -0.05) is 49.4 Å². The molecule has 0 aliphatic heterocycles.